The molecule has 17 heavy (non-hydrogen) atoms. The number of esters is 1. The number of rotatable bonds is 8. The number of carbonyl (C=O) groups excluding carboxylic acids is 1. The van der Waals surface area contributed by atoms with Gasteiger partial charge < -0.3 is 4.74 Å². The van der Waals surface area contributed by atoms with Gasteiger partial charge in [-0.2, -0.15) is 0 Å². The SMILES string of the molecule is C=C(C)[C@H](CC=C(C)C)COC(=O)CCCC. The van der Waals surface area contributed by atoms with Gasteiger partial charge in [-0.15, -0.1) is 0 Å². The average molecular weight is 238 g/mol. The standard InChI is InChI=1S/C15H26O2/c1-6-7-8-15(16)17-11-14(13(4)5)10-9-12(2)3/h9,14H,4,6-8,10-11H2,1-3,5H3/t14-/m1/s1. The van der Waals surface area contributed by atoms with Crippen LogP contribution in [0.15, 0.2) is 23.8 Å². The number of hydrogen-bond donors (Lipinski definition) is 0. The van der Waals surface area contributed by atoms with Crippen LogP contribution in [0, 0.1) is 5.92 Å². The first-order valence-corrected chi connectivity index (χ1v) is 6.41. The Balaban J connectivity index is 4.05. The summed E-state index contributed by atoms with van der Waals surface area (Å²) in [5.41, 5.74) is 2.36. The lowest BCUT2D eigenvalue weighted by Gasteiger charge is -2.15. The van der Waals surface area contributed by atoms with Crippen molar-refractivity contribution < 1.29 is 9.53 Å². The molecule has 0 radical (unpaired) electrons. The van der Waals surface area contributed by atoms with E-state index in [9.17, 15) is 4.79 Å². The Morgan fingerprint density at radius 1 is 1.35 bits per heavy atom. The molecule has 0 aliphatic carbocycles. The fraction of sp³-hybridized carbons (Fsp3) is 0.667. The molecule has 2 nitrogen and oxygen atoms in total. The molecule has 0 spiro atoms. The highest BCUT2D eigenvalue weighted by Gasteiger charge is 2.11. The van der Waals surface area contributed by atoms with E-state index in [-0.39, 0.29) is 11.9 Å². The van der Waals surface area contributed by atoms with E-state index in [1.807, 2.05) is 6.92 Å². The number of hydrogen-bond acceptors (Lipinski definition) is 2. The van der Waals surface area contributed by atoms with Gasteiger partial charge in [-0.1, -0.05) is 37.1 Å². The molecule has 0 aromatic carbocycles. The summed E-state index contributed by atoms with van der Waals surface area (Å²) in [6.07, 6.45) is 5.53. The zero-order valence-electron chi connectivity index (χ0n) is 11.7. The Kier molecular flexibility index (Phi) is 8.47. The summed E-state index contributed by atoms with van der Waals surface area (Å²) in [5, 5.41) is 0. The molecule has 98 valence electrons. The van der Waals surface area contributed by atoms with Gasteiger partial charge in [0.2, 0.25) is 0 Å². The van der Waals surface area contributed by atoms with E-state index in [0.29, 0.717) is 13.0 Å². The monoisotopic (exact) mass is 238 g/mol. The molecular weight excluding hydrogens is 212 g/mol. The van der Waals surface area contributed by atoms with Crippen LogP contribution in [-0.2, 0) is 9.53 Å². The van der Waals surface area contributed by atoms with Crippen molar-refractivity contribution >= 4 is 5.97 Å². The van der Waals surface area contributed by atoms with E-state index in [1.165, 1.54) is 5.57 Å². The summed E-state index contributed by atoms with van der Waals surface area (Å²) in [6, 6.07) is 0. The predicted octanol–water partition coefficient (Wildman–Crippen LogP) is 4.27. The lowest BCUT2D eigenvalue weighted by molar-refractivity contribution is -0.144. The average Bonchev–Trinajstić information content (AvgIpc) is 2.25. The Hall–Kier alpha value is -1.05. The Bertz CT molecular complexity index is 273. The van der Waals surface area contributed by atoms with Crippen molar-refractivity contribution in [2.45, 2.75) is 53.4 Å². The van der Waals surface area contributed by atoms with Gasteiger partial charge >= 0.3 is 5.97 Å². The third-order valence-electron chi connectivity index (χ3n) is 2.69. The van der Waals surface area contributed by atoms with Crippen LogP contribution in [0.2, 0.25) is 0 Å². The molecule has 0 unspecified atom stereocenters. The van der Waals surface area contributed by atoms with Crippen LogP contribution in [0.5, 0.6) is 0 Å². The van der Waals surface area contributed by atoms with E-state index in [2.05, 4.69) is 33.4 Å². The van der Waals surface area contributed by atoms with Crippen molar-refractivity contribution in [1.82, 2.24) is 0 Å². The summed E-state index contributed by atoms with van der Waals surface area (Å²) in [4.78, 5) is 11.4. The van der Waals surface area contributed by atoms with Crippen molar-refractivity contribution in [1.29, 1.82) is 0 Å². The van der Waals surface area contributed by atoms with Crippen molar-refractivity contribution in [2.24, 2.45) is 5.92 Å². The first-order chi connectivity index (χ1) is 7.97. The van der Waals surface area contributed by atoms with E-state index in [0.717, 1.165) is 24.8 Å². The maximum absolute atomic E-state index is 11.4. The summed E-state index contributed by atoms with van der Waals surface area (Å²) in [5.74, 6) is 0.158. The molecule has 0 aliphatic heterocycles. The summed E-state index contributed by atoms with van der Waals surface area (Å²) < 4.78 is 5.27. The largest absolute Gasteiger partial charge is 0.465 e. The third kappa shape index (κ3) is 8.73. The van der Waals surface area contributed by atoms with Crippen molar-refractivity contribution in [3.8, 4) is 0 Å². The van der Waals surface area contributed by atoms with Crippen molar-refractivity contribution in [3.05, 3.63) is 23.8 Å². The van der Waals surface area contributed by atoms with Gasteiger partial charge in [0.25, 0.3) is 0 Å². The van der Waals surface area contributed by atoms with Crippen LogP contribution in [0.4, 0.5) is 0 Å². The van der Waals surface area contributed by atoms with Crippen LogP contribution in [-0.4, -0.2) is 12.6 Å². The molecular formula is C15H26O2. The molecule has 0 aromatic rings. The number of ether oxygens (including phenoxy) is 1. The molecule has 1 atom stereocenters. The van der Waals surface area contributed by atoms with Crippen LogP contribution in [0.3, 0.4) is 0 Å². The molecule has 2 heteroatoms. The highest BCUT2D eigenvalue weighted by Crippen LogP contribution is 2.16. The highest BCUT2D eigenvalue weighted by molar-refractivity contribution is 5.69. The second kappa shape index (κ2) is 9.03. The Morgan fingerprint density at radius 2 is 2.00 bits per heavy atom. The lowest BCUT2D eigenvalue weighted by Crippen LogP contribution is -2.14. The Morgan fingerprint density at radius 3 is 2.47 bits per heavy atom. The topological polar surface area (TPSA) is 26.3 Å². The zero-order valence-corrected chi connectivity index (χ0v) is 11.7. The van der Waals surface area contributed by atoms with Gasteiger partial charge in [-0.25, -0.2) is 0 Å². The maximum Gasteiger partial charge on any atom is 0.305 e. The Labute approximate surface area is 106 Å². The van der Waals surface area contributed by atoms with Gasteiger partial charge in [-0.3, -0.25) is 4.79 Å². The molecule has 0 rings (SSSR count). The number of allylic oxidation sites excluding steroid dienone is 2. The second-order valence-corrected chi connectivity index (χ2v) is 4.85. The fourth-order valence-corrected chi connectivity index (χ4v) is 1.38. The molecule has 0 aliphatic rings. The van der Waals surface area contributed by atoms with E-state index < -0.39 is 0 Å². The quantitative estimate of drug-likeness (QED) is 0.466. The van der Waals surface area contributed by atoms with Crippen LogP contribution in [0.1, 0.15) is 53.4 Å². The third-order valence-corrected chi connectivity index (χ3v) is 2.69. The molecule has 0 saturated carbocycles. The van der Waals surface area contributed by atoms with Crippen molar-refractivity contribution in [3.63, 3.8) is 0 Å². The lowest BCUT2D eigenvalue weighted by atomic mass is 9.98. The fourth-order valence-electron chi connectivity index (χ4n) is 1.38. The molecule has 0 bridgehead atoms. The summed E-state index contributed by atoms with van der Waals surface area (Å²) in [6.45, 7) is 12.6. The number of carbonyl (C=O) groups is 1. The molecule has 0 saturated heterocycles. The van der Waals surface area contributed by atoms with Crippen molar-refractivity contribution in [2.75, 3.05) is 6.61 Å². The molecule has 0 aromatic heterocycles. The minimum atomic E-state index is -0.0877. The minimum absolute atomic E-state index is 0.0877. The van der Waals surface area contributed by atoms with Crippen LogP contribution < -0.4 is 0 Å². The first kappa shape index (κ1) is 16.0. The van der Waals surface area contributed by atoms with E-state index in [4.69, 9.17) is 4.74 Å². The predicted molar refractivity (Wildman–Crippen MR) is 72.8 cm³/mol. The molecule has 0 fully saturated rings. The van der Waals surface area contributed by atoms with Gasteiger partial charge in [0, 0.05) is 12.3 Å². The van der Waals surface area contributed by atoms with Gasteiger partial charge in [0.15, 0.2) is 0 Å². The van der Waals surface area contributed by atoms with Crippen LogP contribution >= 0.6 is 0 Å². The minimum Gasteiger partial charge on any atom is -0.465 e. The maximum atomic E-state index is 11.4. The zero-order chi connectivity index (χ0) is 13.3. The summed E-state index contributed by atoms with van der Waals surface area (Å²) in [7, 11) is 0. The van der Waals surface area contributed by atoms with Gasteiger partial charge in [-0.05, 0) is 33.6 Å². The second-order valence-electron chi connectivity index (χ2n) is 4.85. The van der Waals surface area contributed by atoms with Gasteiger partial charge in [0.05, 0.1) is 6.61 Å². The van der Waals surface area contributed by atoms with E-state index >= 15 is 0 Å². The molecule has 0 N–H and O–H groups in total. The molecule has 0 heterocycles. The number of unbranched alkanes of at least 4 members (excludes halogenated alkanes) is 1. The van der Waals surface area contributed by atoms with E-state index in [1.54, 1.807) is 0 Å². The summed E-state index contributed by atoms with van der Waals surface area (Å²) >= 11 is 0. The van der Waals surface area contributed by atoms with Gasteiger partial charge in [0.1, 0.15) is 0 Å². The smallest absolute Gasteiger partial charge is 0.305 e. The highest BCUT2D eigenvalue weighted by atomic mass is 16.5. The normalized spacial score (nSPS) is 11.8. The first-order valence-electron chi connectivity index (χ1n) is 6.41. The van der Waals surface area contributed by atoms with Crippen LogP contribution in [0.25, 0.3) is 0 Å². The molecule has 0 amide bonds.